The van der Waals surface area contributed by atoms with Gasteiger partial charge in [0.2, 0.25) is 0 Å². The minimum atomic E-state index is -4.34. The first-order valence-electron chi connectivity index (χ1n) is 9.40. The van der Waals surface area contributed by atoms with Crippen molar-refractivity contribution < 1.29 is 22.4 Å². The van der Waals surface area contributed by atoms with Crippen molar-refractivity contribution in [3.05, 3.63) is 48.1 Å². The number of halogens is 3. The van der Waals surface area contributed by atoms with E-state index in [9.17, 15) is 18.0 Å². The molecule has 0 bridgehead atoms. The number of nitrogens with one attached hydrogen (secondary N) is 1. The maximum atomic E-state index is 13.3. The largest absolute Gasteiger partial charge is 0.459 e. The zero-order chi connectivity index (χ0) is 21.5. The quantitative estimate of drug-likeness (QED) is 0.675. The van der Waals surface area contributed by atoms with Crippen molar-refractivity contribution in [2.75, 3.05) is 23.3 Å². The first-order valence-corrected chi connectivity index (χ1v) is 9.40. The van der Waals surface area contributed by atoms with Crippen LogP contribution >= 0.6 is 0 Å². The summed E-state index contributed by atoms with van der Waals surface area (Å²) < 4.78 is 45.5. The highest BCUT2D eigenvalue weighted by atomic mass is 19.4. The predicted octanol–water partition coefficient (Wildman–Crippen LogP) is 3.50. The fourth-order valence-electron chi connectivity index (χ4n) is 3.83. The molecule has 10 heteroatoms. The normalized spacial score (nSPS) is 19.8. The molecule has 158 valence electrons. The molecule has 1 aliphatic rings. The molecule has 0 radical (unpaired) electrons. The van der Waals surface area contributed by atoms with E-state index in [2.05, 4.69) is 15.3 Å². The molecular formula is C20H20F3N5O2. The van der Waals surface area contributed by atoms with E-state index in [-0.39, 0.29) is 25.1 Å². The molecule has 2 unspecified atom stereocenters. The number of nitrogens with two attached hydrogens (primary N) is 1. The number of pyridine rings is 2. The van der Waals surface area contributed by atoms with Crippen LogP contribution in [0.4, 0.5) is 24.5 Å². The lowest BCUT2D eigenvalue weighted by Gasteiger charge is -2.39. The van der Waals surface area contributed by atoms with E-state index in [4.69, 9.17) is 10.2 Å². The fourth-order valence-corrected chi connectivity index (χ4v) is 3.83. The molecule has 7 nitrogen and oxygen atoms in total. The number of amides is 1. The maximum Gasteiger partial charge on any atom is 0.393 e. The van der Waals surface area contributed by atoms with Crippen LogP contribution in [0, 0.1) is 12.8 Å². The lowest BCUT2D eigenvalue weighted by molar-refractivity contribution is -0.177. The standard InChI is InChI=1S/C20H20F3N5O2/c1-11-17(18-16(30-11)3-2-5-26-18)19(29)27-14-8-25-6-4-15(14)28-9-12(20(21,22)23)7-13(24)10-28/h2-6,8,12-13H,7,9-10,24H2,1H3,(H,27,29). The maximum absolute atomic E-state index is 13.3. The third-order valence-corrected chi connectivity index (χ3v) is 5.18. The molecule has 2 atom stereocenters. The van der Waals surface area contributed by atoms with E-state index in [1.165, 1.54) is 12.4 Å². The number of anilines is 2. The number of carbonyl (C=O) groups is 1. The molecule has 3 aromatic heterocycles. The smallest absolute Gasteiger partial charge is 0.393 e. The summed E-state index contributed by atoms with van der Waals surface area (Å²) >= 11 is 0. The Morgan fingerprint density at radius 1 is 1.30 bits per heavy atom. The lowest BCUT2D eigenvalue weighted by Crippen LogP contribution is -2.51. The van der Waals surface area contributed by atoms with Crippen LogP contribution in [0.1, 0.15) is 22.5 Å². The van der Waals surface area contributed by atoms with Gasteiger partial charge in [0.1, 0.15) is 16.8 Å². The van der Waals surface area contributed by atoms with Gasteiger partial charge in [0.15, 0.2) is 5.58 Å². The first kappa shape index (κ1) is 20.1. The topological polar surface area (TPSA) is 97.3 Å². The molecule has 1 fully saturated rings. The second-order valence-electron chi connectivity index (χ2n) is 7.37. The van der Waals surface area contributed by atoms with E-state index in [0.29, 0.717) is 28.2 Å². The number of aryl methyl sites for hydroxylation is 1. The van der Waals surface area contributed by atoms with Gasteiger partial charge in [-0.05, 0) is 31.5 Å². The van der Waals surface area contributed by atoms with Gasteiger partial charge in [-0.15, -0.1) is 0 Å². The number of carbonyl (C=O) groups excluding carboxylic acids is 1. The third kappa shape index (κ3) is 3.82. The van der Waals surface area contributed by atoms with Crippen molar-refractivity contribution in [1.29, 1.82) is 0 Å². The SMILES string of the molecule is Cc1oc2cccnc2c1C(=O)Nc1cnccc1N1CC(N)CC(C(F)(F)F)C1. The van der Waals surface area contributed by atoms with Crippen molar-refractivity contribution in [2.45, 2.75) is 25.6 Å². The number of piperidine rings is 1. The highest BCUT2D eigenvalue weighted by Gasteiger charge is 2.44. The molecule has 0 aromatic carbocycles. The zero-order valence-corrected chi connectivity index (χ0v) is 16.1. The molecule has 30 heavy (non-hydrogen) atoms. The van der Waals surface area contributed by atoms with Crippen molar-refractivity contribution >= 4 is 28.4 Å². The van der Waals surface area contributed by atoms with Crippen LogP contribution < -0.4 is 16.0 Å². The third-order valence-electron chi connectivity index (χ3n) is 5.18. The number of furan rings is 1. The summed E-state index contributed by atoms with van der Waals surface area (Å²) in [4.78, 5) is 22.7. The van der Waals surface area contributed by atoms with Crippen LogP contribution in [0.3, 0.4) is 0 Å². The molecule has 0 saturated carbocycles. The second-order valence-corrected chi connectivity index (χ2v) is 7.37. The summed E-state index contributed by atoms with van der Waals surface area (Å²) in [6.07, 6.45) is -0.0470. The number of rotatable bonds is 3. The molecule has 1 amide bonds. The summed E-state index contributed by atoms with van der Waals surface area (Å²) in [5.74, 6) is -1.63. The van der Waals surface area contributed by atoms with E-state index in [0.717, 1.165) is 0 Å². The van der Waals surface area contributed by atoms with Gasteiger partial charge in [0.25, 0.3) is 5.91 Å². The van der Waals surface area contributed by atoms with E-state index >= 15 is 0 Å². The number of alkyl halides is 3. The average Bonchev–Trinajstić information content (AvgIpc) is 3.03. The molecule has 1 saturated heterocycles. The van der Waals surface area contributed by atoms with Gasteiger partial charge in [0.05, 0.1) is 23.5 Å². The van der Waals surface area contributed by atoms with Crippen molar-refractivity contribution in [3.8, 4) is 0 Å². The van der Waals surface area contributed by atoms with E-state index in [1.54, 1.807) is 36.2 Å². The molecule has 4 rings (SSSR count). The van der Waals surface area contributed by atoms with Gasteiger partial charge in [-0.1, -0.05) is 0 Å². The summed E-state index contributed by atoms with van der Waals surface area (Å²) in [5, 5.41) is 2.75. The Hall–Kier alpha value is -3.14. The summed E-state index contributed by atoms with van der Waals surface area (Å²) in [6.45, 7) is 1.66. The molecule has 0 aliphatic carbocycles. The fraction of sp³-hybridized carbons (Fsp3) is 0.350. The van der Waals surface area contributed by atoms with Crippen LogP contribution in [0.5, 0.6) is 0 Å². The summed E-state index contributed by atoms with van der Waals surface area (Å²) in [6, 6.07) is 4.34. The Morgan fingerprint density at radius 3 is 2.87 bits per heavy atom. The summed E-state index contributed by atoms with van der Waals surface area (Å²) in [5.41, 5.74) is 7.77. The zero-order valence-electron chi connectivity index (χ0n) is 16.1. The highest BCUT2D eigenvalue weighted by molar-refractivity contribution is 6.13. The van der Waals surface area contributed by atoms with Gasteiger partial charge in [-0.2, -0.15) is 13.2 Å². The van der Waals surface area contributed by atoms with E-state index in [1.807, 2.05) is 0 Å². The Labute approximate surface area is 170 Å². The number of hydrogen-bond acceptors (Lipinski definition) is 6. The van der Waals surface area contributed by atoms with Crippen LogP contribution in [0.15, 0.2) is 41.2 Å². The van der Waals surface area contributed by atoms with Crippen molar-refractivity contribution in [2.24, 2.45) is 11.7 Å². The second kappa shape index (κ2) is 7.60. The molecule has 0 spiro atoms. The highest BCUT2D eigenvalue weighted by Crippen LogP contribution is 2.36. The van der Waals surface area contributed by atoms with Gasteiger partial charge in [0, 0.05) is 31.5 Å². The first-order chi connectivity index (χ1) is 14.2. The Kier molecular flexibility index (Phi) is 5.10. The number of fused-ring (bicyclic) bond motifs is 1. The van der Waals surface area contributed by atoms with Crippen LogP contribution in [-0.2, 0) is 0 Å². The van der Waals surface area contributed by atoms with Crippen LogP contribution in [0.2, 0.25) is 0 Å². The van der Waals surface area contributed by atoms with Crippen LogP contribution in [-0.4, -0.2) is 41.2 Å². The molecule has 1 aliphatic heterocycles. The number of hydrogen-bond donors (Lipinski definition) is 2. The van der Waals surface area contributed by atoms with Gasteiger partial charge in [-0.25, -0.2) is 0 Å². The minimum absolute atomic E-state index is 0.126. The molecule has 4 heterocycles. The Bertz CT molecular complexity index is 1080. The number of aromatic nitrogens is 2. The molecule has 3 aromatic rings. The minimum Gasteiger partial charge on any atom is -0.459 e. The molecule has 3 N–H and O–H groups in total. The van der Waals surface area contributed by atoms with Gasteiger partial charge in [-0.3, -0.25) is 14.8 Å². The monoisotopic (exact) mass is 419 g/mol. The van der Waals surface area contributed by atoms with Crippen molar-refractivity contribution in [3.63, 3.8) is 0 Å². The Balaban J connectivity index is 1.64. The molecular weight excluding hydrogens is 399 g/mol. The Morgan fingerprint density at radius 2 is 2.10 bits per heavy atom. The lowest BCUT2D eigenvalue weighted by atomic mass is 9.93. The van der Waals surface area contributed by atoms with Gasteiger partial charge >= 0.3 is 6.18 Å². The summed E-state index contributed by atoms with van der Waals surface area (Å²) in [7, 11) is 0. The average molecular weight is 419 g/mol. The van der Waals surface area contributed by atoms with Gasteiger partial charge < -0.3 is 20.4 Å². The number of nitrogens with zero attached hydrogens (tertiary/aromatic N) is 3. The van der Waals surface area contributed by atoms with Crippen LogP contribution in [0.25, 0.3) is 11.1 Å². The van der Waals surface area contributed by atoms with Crippen molar-refractivity contribution in [1.82, 2.24) is 9.97 Å². The van der Waals surface area contributed by atoms with E-state index < -0.39 is 24.0 Å². The predicted molar refractivity (Wildman–Crippen MR) is 105 cm³/mol.